The lowest BCUT2D eigenvalue weighted by molar-refractivity contribution is -0.142. The molecule has 0 bridgehead atoms. The van der Waals surface area contributed by atoms with Crippen LogP contribution in [-0.4, -0.2) is 202 Å². The number of primary amides is 1. The molecule has 2 aliphatic rings. The second-order valence-electron chi connectivity index (χ2n) is 22.1. The topological polar surface area (TPSA) is 520 Å². The molecule has 3 heterocycles. The van der Waals surface area contributed by atoms with Crippen molar-refractivity contribution in [1.82, 2.24) is 62.3 Å². The van der Waals surface area contributed by atoms with E-state index >= 15 is 0 Å². The number of H-pyrrole nitrogens is 1. The molecule has 0 unspecified atom stereocenters. The summed E-state index contributed by atoms with van der Waals surface area (Å²) in [5.74, 6) is -8.52. The van der Waals surface area contributed by atoms with E-state index in [4.69, 9.17) is 34.4 Å². The van der Waals surface area contributed by atoms with Gasteiger partial charge in [0.25, 0.3) is 0 Å². The van der Waals surface area contributed by atoms with Crippen LogP contribution in [0.3, 0.4) is 0 Å². The monoisotopic (exact) mass is 1200 g/mol. The molecule has 476 valence electrons. The molecule has 22 N–H and O–H groups in total. The minimum atomic E-state index is -1.71. The summed E-state index contributed by atoms with van der Waals surface area (Å²) in [4.78, 5) is 167. The van der Waals surface area contributed by atoms with Gasteiger partial charge in [0.15, 0.2) is 11.9 Å². The fourth-order valence-corrected chi connectivity index (χ4v) is 9.83. The number of unbranched alkanes of at least 4 members (excludes halogenated alkanes) is 1. The Morgan fingerprint density at radius 2 is 1.09 bits per heavy atom. The summed E-state index contributed by atoms with van der Waals surface area (Å²) >= 11 is 0. The molecule has 1 aromatic rings. The summed E-state index contributed by atoms with van der Waals surface area (Å²) in [6.45, 7) is 7.86. The van der Waals surface area contributed by atoms with Crippen molar-refractivity contribution >= 4 is 76.9 Å². The number of aromatic amines is 1. The number of aliphatic hydroxyl groups excluding tert-OH is 1. The van der Waals surface area contributed by atoms with E-state index in [-0.39, 0.29) is 101 Å². The predicted octanol–water partition coefficient (Wildman–Crippen LogP) is -5.73. The number of aromatic nitrogens is 2. The molecule has 85 heavy (non-hydrogen) atoms. The Labute approximate surface area is 494 Å². The summed E-state index contributed by atoms with van der Waals surface area (Å²) in [7, 11) is 0. The predicted molar refractivity (Wildman–Crippen MR) is 312 cm³/mol. The number of hydrogen-bond donors (Lipinski definition) is 16. The summed E-state index contributed by atoms with van der Waals surface area (Å²) in [5.41, 5.74) is 33.6. The van der Waals surface area contributed by atoms with Crippen LogP contribution in [0.2, 0.25) is 0 Å². The van der Waals surface area contributed by atoms with E-state index in [9.17, 15) is 57.8 Å². The van der Waals surface area contributed by atoms with Crippen LogP contribution >= 0.6 is 0 Å². The van der Waals surface area contributed by atoms with Crippen molar-refractivity contribution in [3.05, 3.63) is 18.2 Å². The molecule has 32 heteroatoms. The van der Waals surface area contributed by atoms with Gasteiger partial charge < -0.3 is 96.8 Å². The van der Waals surface area contributed by atoms with Gasteiger partial charge in [-0.05, 0) is 102 Å². The van der Waals surface area contributed by atoms with Crippen LogP contribution < -0.4 is 76.9 Å². The number of likely N-dealkylation sites (tertiary alicyclic amines) is 2. The molecule has 11 amide bonds. The summed E-state index contributed by atoms with van der Waals surface area (Å²) < 4.78 is 0. The number of carbonyl (C=O) groups is 11. The Kier molecular flexibility index (Phi) is 30.6. The molecule has 0 spiro atoms. The SMILES string of the molecule is CC(=O)N[C@@H](CCCN=C(N)N)C(=O)N1CCC[C@H]1C(=O)N[C@@H](CCCN=C(N)N)C(=O)N[C@@H](CC(C)C)C(=O)N[C@@H](CO)C(=O)N[C@@H](Cc1cnc[nH]1)C(=O)N[C@@H](CCCCN)C(=O)NCC(=O)N1CCC[C@H]1C(=O)N[C@@H](CC(C)C)C(N)=O. The Balaban J connectivity index is 1.81. The maximum absolute atomic E-state index is 14.3. The molecular formula is C53H92N20O12. The van der Waals surface area contributed by atoms with Crippen molar-refractivity contribution in [1.29, 1.82) is 0 Å². The second-order valence-corrected chi connectivity index (χ2v) is 22.1. The van der Waals surface area contributed by atoms with Crippen molar-refractivity contribution < 1.29 is 57.8 Å². The molecule has 2 saturated heterocycles. The highest BCUT2D eigenvalue weighted by molar-refractivity contribution is 5.99. The number of rotatable bonds is 37. The average Bonchev–Trinajstić information content (AvgIpc) is 4.48. The Morgan fingerprint density at radius 1 is 0.612 bits per heavy atom. The zero-order chi connectivity index (χ0) is 63.3. The number of imidazole rings is 1. The molecule has 1 aromatic heterocycles. The first-order chi connectivity index (χ1) is 40.3. The van der Waals surface area contributed by atoms with Crippen LogP contribution in [0.1, 0.15) is 124 Å². The van der Waals surface area contributed by atoms with Crippen LogP contribution in [0.4, 0.5) is 0 Å². The highest BCUT2D eigenvalue weighted by Gasteiger charge is 2.40. The van der Waals surface area contributed by atoms with Crippen molar-refractivity contribution in [2.75, 3.05) is 45.9 Å². The zero-order valence-electron chi connectivity index (χ0n) is 49.5. The molecule has 3 rings (SSSR count). The third kappa shape index (κ3) is 24.9. The quantitative estimate of drug-likeness (QED) is 0.0168. The molecule has 0 saturated carbocycles. The van der Waals surface area contributed by atoms with E-state index in [0.717, 1.165) is 0 Å². The lowest BCUT2D eigenvalue weighted by Crippen LogP contribution is -2.61. The van der Waals surface area contributed by atoms with Crippen molar-refractivity contribution in [3.63, 3.8) is 0 Å². The standard InChI is InChI=1S/C53H92N20O12/c1-29(2)22-36(43(55)77)68-49(83)40-15-10-20-72(40)42(76)26-63-44(78)33(12-6-7-17-54)66-47(81)38(24-32-25-60-28-64-32)70-48(82)39(27-74)71-46(80)37(23-30(3)4)69-45(79)34(13-8-18-61-52(56)57)67-50(84)41-16-11-21-73(41)51(85)35(65-31(5)75)14-9-19-62-53(58)59/h25,28-30,33-41,74H,6-24,26-27,54H2,1-5H3,(H2,55,77)(H,60,64)(H,63,78)(H,65,75)(H,66,81)(H,67,84)(H,68,83)(H,69,79)(H,70,82)(H,71,80)(H4,56,57,61)(H4,58,59,62)/t33-,34-,35-,36-,37-,38-,39-,40-,41-/m0/s1. The molecule has 9 atom stereocenters. The van der Waals surface area contributed by atoms with E-state index in [1.54, 1.807) is 13.8 Å². The van der Waals surface area contributed by atoms with Gasteiger partial charge in [-0.1, -0.05) is 27.7 Å². The third-order valence-electron chi connectivity index (χ3n) is 14.0. The molecule has 0 aromatic carbocycles. The van der Waals surface area contributed by atoms with Gasteiger partial charge in [0.2, 0.25) is 65.0 Å². The fourth-order valence-electron chi connectivity index (χ4n) is 9.83. The van der Waals surface area contributed by atoms with E-state index in [0.29, 0.717) is 50.6 Å². The summed E-state index contributed by atoms with van der Waals surface area (Å²) in [6.07, 6.45) is 5.73. The Bertz CT molecular complexity index is 2470. The molecule has 2 fully saturated rings. The maximum Gasteiger partial charge on any atom is 0.245 e. The van der Waals surface area contributed by atoms with Crippen molar-refractivity contribution in [2.45, 2.75) is 179 Å². The van der Waals surface area contributed by atoms with Crippen LogP contribution in [0.25, 0.3) is 0 Å². The van der Waals surface area contributed by atoms with Gasteiger partial charge in [-0.15, -0.1) is 0 Å². The first-order valence-electron chi connectivity index (χ1n) is 28.9. The van der Waals surface area contributed by atoms with E-state index in [2.05, 4.69) is 62.5 Å². The third-order valence-corrected chi connectivity index (χ3v) is 14.0. The first-order valence-corrected chi connectivity index (χ1v) is 28.9. The molecule has 32 nitrogen and oxygen atoms in total. The number of hydrogen-bond acceptors (Lipinski definition) is 16. The normalized spacial score (nSPS) is 17.2. The average molecular weight is 1200 g/mol. The number of amides is 11. The van der Waals surface area contributed by atoms with Gasteiger partial charge >= 0.3 is 0 Å². The minimum Gasteiger partial charge on any atom is -0.394 e. The zero-order valence-corrected chi connectivity index (χ0v) is 49.5. The maximum atomic E-state index is 14.3. The Hall–Kier alpha value is -8.16. The van der Waals surface area contributed by atoms with Crippen LogP contribution in [0.15, 0.2) is 22.5 Å². The number of aliphatic imine (C=N–C) groups is 2. The highest BCUT2D eigenvalue weighted by atomic mass is 16.3. The van der Waals surface area contributed by atoms with E-state index in [1.807, 2.05) is 13.8 Å². The first kappa shape index (κ1) is 71.1. The smallest absolute Gasteiger partial charge is 0.245 e. The van der Waals surface area contributed by atoms with Crippen LogP contribution in [-0.2, 0) is 59.2 Å². The van der Waals surface area contributed by atoms with Crippen LogP contribution in [0.5, 0.6) is 0 Å². The molecule has 2 aliphatic heterocycles. The van der Waals surface area contributed by atoms with Crippen molar-refractivity contribution in [3.8, 4) is 0 Å². The number of aliphatic hydroxyl groups is 1. The minimum absolute atomic E-state index is 0.00153. The van der Waals surface area contributed by atoms with E-state index < -0.39 is 133 Å². The number of nitrogens with one attached hydrogen (secondary N) is 9. The Morgan fingerprint density at radius 3 is 1.64 bits per heavy atom. The lowest BCUT2D eigenvalue weighted by Gasteiger charge is -2.30. The number of nitrogens with two attached hydrogens (primary N) is 6. The summed E-state index contributed by atoms with van der Waals surface area (Å²) in [5, 5.41) is 31.5. The number of nitrogens with zero attached hydrogens (tertiary/aromatic N) is 5. The largest absolute Gasteiger partial charge is 0.394 e. The van der Waals surface area contributed by atoms with Gasteiger partial charge in [-0.3, -0.25) is 62.7 Å². The number of guanidine groups is 2. The highest BCUT2D eigenvalue weighted by Crippen LogP contribution is 2.22. The lowest BCUT2D eigenvalue weighted by atomic mass is 10.0. The van der Waals surface area contributed by atoms with Crippen molar-refractivity contribution in [2.24, 2.45) is 56.2 Å². The fraction of sp³-hybridized carbons (Fsp3) is 0.698. The molecular weight excluding hydrogens is 1110 g/mol. The van der Waals surface area contributed by atoms with Gasteiger partial charge in [0.05, 0.1) is 19.5 Å². The van der Waals surface area contributed by atoms with Gasteiger partial charge in [-0.25, -0.2) is 4.98 Å². The van der Waals surface area contributed by atoms with Crippen LogP contribution in [0, 0.1) is 11.8 Å². The van der Waals surface area contributed by atoms with Gasteiger partial charge in [-0.2, -0.15) is 0 Å². The second kappa shape index (κ2) is 36.5. The molecule has 0 radical (unpaired) electrons. The molecule has 0 aliphatic carbocycles. The van der Waals surface area contributed by atoms with Gasteiger partial charge in [0, 0.05) is 51.4 Å². The number of carbonyl (C=O) groups excluding carboxylic acids is 11. The van der Waals surface area contributed by atoms with Gasteiger partial charge in [0.1, 0.15) is 54.4 Å². The summed E-state index contributed by atoms with van der Waals surface area (Å²) in [6, 6.07) is -11.1. The van der Waals surface area contributed by atoms with E-state index in [1.165, 1.54) is 29.2 Å².